The fourth-order valence-corrected chi connectivity index (χ4v) is 5.49. The van der Waals surface area contributed by atoms with Gasteiger partial charge in [0, 0.05) is 16.5 Å². The predicted molar refractivity (Wildman–Crippen MR) is 135 cm³/mol. The second-order valence-electron chi connectivity index (χ2n) is 7.87. The van der Waals surface area contributed by atoms with Crippen molar-refractivity contribution in [1.82, 2.24) is 3.97 Å². The van der Waals surface area contributed by atoms with Crippen molar-refractivity contribution < 1.29 is 18.0 Å². The number of benzene rings is 4. The molecule has 1 amide bonds. The molecule has 0 radical (unpaired) electrons. The van der Waals surface area contributed by atoms with E-state index in [1.807, 2.05) is 0 Å². The number of nitrogens with one attached hydrogen (secondary N) is 1. The first-order valence-corrected chi connectivity index (χ1v) is 12.3. The van der Waals surface area contributed by atoms with E-state index in [-0.39, 0.29) is 22.1 Å². The third-order valence-corrected chi connectivity index (χ3v) is 7.38. The van der Waals surface area contributed by atoms with Crippen LogP contribution in [-0.4, -0.2) is 24.1 Å². The van der Waals surface area contributed by atoms with Gasteiger partial charge in [-0.3, -0.25) is 9.59 Å². The molecular formula is C28H20N2O4S. The molecule has 6 nitrogen and oxygen atoms in total. The molecular weight excluding hydrogens is 460 g/mol. The lowest BCUT2D eigenvalue weighted by molar-refractivity contribution is 0.102. The second-order valence-corrected chi connectivity index (χ2v) is 9.65. The number of ketones is 1. The van der Waals surface area contributed by atoms with Gasteiger partial charge in [0.2, 0.25) is 5.78 Å². The Balaban J connectivity index is 1.63. The number of hydrogen-bond donors (Lipinski definition) is 1. The fraction of sp³-hybridized carbons (Fsp3) is 0. The number of carbonyl (C=O) groups is 2. The van der Waals surface area contributed by atoms with Gasteiger partial charge in [0.05, 0.1) is 16.1 Å². The minimum atomic E-state index is -4.08. The van der Waals surface area contributed by atoms with Gasteiger partial charge in [-0.25, -0.2) is 12.4 Å². The number of hydrogen-bond acceptors (Lipinski definition) is 4. The number of aromatic nitrogens is 1. The van der Waals surface area contributed by atoms with Crippen LogP contribution in [0.3, 0.4) is 0 Å². The molecule has 0 bridgehead atoms. The van der Waals surface area contributed by atoms with Gasteiger partial charge in [-0.15, -0.1) is 0 Å². The molecule has 0 atom stereocenters. The van der Waals surface area contributed by atoms with Crippen LogP contribution >= 0.6 is 0 Å². The van der Waals surface area contributed by atoms with Gasteiger partial charge < -0.3 is 5.32 Å². The van der Waals surface area contributed by atoms with Crippen LogP contribution < -0.4 is 5.32 Å². The fourth-order valence-electron chi connectivity index (χ4n) is 3.96. The van der Waals surface area contributed by atoms with Crippen molar-refractivity contribution in [2.45, 2.75) is 4.90 Å². The number of amides is 1. The second kappa shape index (κ2) is 9.04. The van der Waals surface area contributed by atoms with Crippen LogP contribution in [0.4, 0.5) is 5.69 Å². The molecule has 0 saturated carbocycles. The highest BCUT2D eigenvalue weighted by atomic mass is 32.2. The van der Waals surface area contributed by atoms with E-state index >= 15 is 0 Å². The maximum Gasteiger partial charge on any atom is 0.268 e. The topological polar surface area (TPSA) is 85.2 Å². The Labute approximate surface area is 202 Å². The molecule has 1 N–H and O–H groups in total. The van der Waals surface area contributed by atoms with Crippen molar-refractivity contribution in [3.8, 4) is 0 Å². The van der Waals surface area contributed by atoms with Crippen LogP contribution in [0.15, 0.2) is 120 Å². The molecule has 5 aromatic rings. The van der Waals surface area contributed by atoms with Crippen LogP contribution in [0.5, 0.6) is 0 Å². The molecule has 5 rings (SSSR count). The zero-order valence-electron chi connectivity index (χ0n) is 18.5. The highest BCUT2D eigenvalue weighted by Crippen LogP contribution is 2.29. The molecule has 0 aliphatic carbocycles. The number of para-hydroxylation sites is 2. The number of nitrogens with zero attached hydrogens (tertiary/aromatic N) is 1. The summed E-state index contributed by atoms with van der Waals surface area (Å²) >= 11 is 0. The number of anilines is 1. The molecule has 0 spiro atoms. The molecule has 1 aromatic heterocycles. The van der Waals surface area contributed by atoms with E-state index in [1.54, 1.807) is 103 Å². The largest absolute Gasteiger partial charge is 0.321 e. The summed E-state index contributed by atoms with van der Waals surface area (Å²) in [7, 11) is -4.08. The van der Waals surface area contributed by atoms with Gasteiger partial charge >= 0.3 is 0 Å². The van der Waals surface area contributed by atoms with Crippen LogP contribution in [0.25, 0.3) is 10.9 Å². The van der Waals surface area contributed by atoms with Crippen molar-refractivity contribution in [3.63, 3.8) is 0 Å². The van der Waals surface area contributed by atoms with E-state index in [1.165, 1.54) is 12.1 Å². The van der Waals surface area contributed by atoms with Crippen LogP contribution in [0.2, 0.25) is 0 Å². The number of fused-ring (bicyclic) bond motifs is 1. The first kappa shape index (κ1) is 22.3. The summed E-state index contributed by atoms with van der Waals surface area (Å²) in [5, 5.41) is 3.39. The lowest BCUT2D eigenvalue weighted by Crippen LogP contribution is -2.20. The van der Waals surface area contributed by atoms with Gasteiger partial charge in [-0.05, 0) is 48.5 Å². The summed E-state index contributed by atoms with van der Waals surface area (Å²) in [6.45, 7) is 0. The van der Waals surface area contributed by atoms with Crippen molar-refractivity contribution in [3.05, 3.63) is 132 Å². The van der Waals surface area contributed by atoms with Crippen LogP contribution in [-0.2, 0) is 10.0 Å². The first-order chi connectivity index (χ1) is 17.0. The summed E-state index contributed by atoms with van der Waals surface area (Å²) in [4.78, 5) is 26.6. The third-order valence-electron chi connectivity index (χ3n) is 5.64. The number of rotatable bonds is 6. The quantitative estimate of drug-likeness (QED) is 0.332. The predicted octanol–water partition coefficient (Wildman–Crippen LogP) is 5.36. The molecule has 0 saturated heterocycles. The van der Waals surface area contributed by atoms with E-state index in [0.29, 0.717) is 22.2 Å². The van der Waals surface area contributed by atoms with E-state index in [9.17, 15) is 18.0 Å². The highest BCUT2D eigenvalue weighted by Gasteiger charge is 2.28. The smallest absolute Gasteiger partial charge is 0.268 e. The standard InChI is InChI=1S/C28H20N2O4S/c31-27(23-16-8-9-17-24(23)29-28(32)20-11-3-1-4-12-20)26-19-21-13-7-10-18-25(21)30(26)35(33,34)22-14-5-2-6-15-22/h1-19H,(H,29,32). The zero-order valence-corrected chi connectivity index (χ0v) is 19.3. The van der Waals surface area contributed by atoms with E-state index in [4.69, 9.17) is 0 Å². The summed E-state index contributed by atoms with van der Waals surface area (Å²) in [5.74, 6) is -0.895. The van der Waals surface area contributed by atoms with Crippen LogP contribution in [0, 0.1) is 0 Å². The van der Waals surface area contributed by atoms with E-state index in [0.717, 1.165) is 3.97 Å². The Morgan fingerprint density at radius 2 is 1.29 bits per heavy atom. The summed E-state index contributed by atoms with van der Waals surface area (Å²) < 4.78 is 28.4. The van der Waals surface area contributed by atoms with E-state index < -0.39 is 15.8 Å². The molecule has 7 heteroatoms. The molecule has 0 fully saturated rings. The van der Waals surface area contributed by atoms with Gasteiger partial charge in [-0.2, -0.15) is 0 Å². The minimum absolute atomic E-state index is 0.0172. The van der Waals surface area contributed by atoms with Crippen LogP contribution in [0.1, 0.15) is 26.4 Å². The molecule has 0 unspecified atom stereocenters. The summed E-state index contributed by atoms with van der Waals surface area (Å²) in [6, 6.07) is 31.7. The average molecular weight is 481 g/mol. The summed E-state index contributed by atoms with van der Waals surface area (Å²) in [5.41, 5.74) is 1.29. The monoisotopic (exact) mass is 480 g/mol. The highest BCUT2D eigenvalue weighted by molar-refractivity contribution is 7.90. The van der Waals surface area contributed by atoms with Gasteiger partial charge in [-0.1, -0.05) is 66.7 Å². The SMILES string of the molecule is O=C(Nc1ccccc1C(=O)c1cc2ccccc2n1S(=O)(=O)c1ccccc1)c1ccccc1. The van der Waals surface area contributed by atoms with Gasteiger partial charge in [0.25, 0.3) is 15.9 Å². The maximum absolute atomic E-state index is 13.8. The Morgan fingerprint density at radius 3 is 2.03 bits per heavy atom. The molecule has 0 aliphatic rings. The van der Waals surface area contributed by atoms with Gasteiger partial charge in [0.1, 0.15) is 5.69 Å². The van der Waals surface area contributed by atoms with Gasteiger partial charge in [0.15, 0.2) is 0 Å². The Morgan fingerprint density at radius 1 is 0.686 bits per heavy atom. The lowest BCUT2D eigenvalue weighted by Gasteiger charge is -2.14. The van der Waals surface area contributed by atoms with E-state index in [2.05, 4.69) is 5.32 Å². The first-order valence-electron chi connectivity index (χ1n) is 10.9. The molecule has 0 aliphatic heterocycles. The Kier molecular flexibility index (Phi) is 5.76. The van der Waals surface area contributed by atoms with Crippen molar-refractivity contribution >= 4 is 38.3 Å². The molecule has 1 heterocycles. The number of carbonyl (C=O) groups excluding carboxylic acids is 2. The maximum atomic E-state index is 13.8. The minimum Gasteiger partial charge on any atom is -0.321 e. The molecule has 35 heavy (non-hydrogen) atoms. The summed E-state index contributed by atoms with van der Waals surface area (Å²) in [6.07, 6.45) is 0. The Bertz CT molecular complexity index is 1660. The van der Waals surface area contributed by atoms with Crippen molar-refractivity contribution in [2.24, 2.45) is 0 Å². The van der Waals surface area contributed by atoms with Crippen molar-refractivity contribution in [2.75, 3.05) is 5.32 Å². The lowest BCUT2D eigenvalue weighted by atomic mass is 10.1. The molecule has 172 valence electrons. The molecule has 4 aromatic carbocycles. The normalized spacial score (nSPS) is 11.3. The average Bonchev–Trinajstić information content (AvgIpc) is 3.30. The zero-order chi connectivity index (χ0) is 24.4. The van der Waals surface area contributed by atoms with Crippen molar-refractivity contribution in [1.29, 1.82) is 0 Å². The Hall–Kier alpha value is -4.49. The third kappa shape index (κ3) is 4.13.